The highest BCUT2D eigenvalue weighted by atomic mass is 16.6. The molecule has 0 radical (unpaired) electrons. The Morgan fingerprint density at radius 1 is 0.381 bits per heavy atom. The first-order valence-corrected chi connectivity index (χ1v) is 38.2. The van der Waals surface area contributed by atoms with Gasteiger partial charge in [0.1, 0.15) is 12.2 Å². The van der Waals surface area contributed by atoms with E-state index in [9.17, 15) is 28.8 Å². The predicted molar refractivity (Wildman–Crippen MR) is 401 cm³/mol. The Hall–Kier alpha value is -4.74. The lowest BCUT2D eigenvalue weighted by atomic mass is 9.71. The van der Waals surface area contributed by atoms with Crippen LogP contribution < -0.4 is 0 Å². The quantitative estimate of drug-likeness (QED) is 0.0350. The number of hydrogen-bond donors (Lipinski definition) is 0. The van der Waals surface area contributed by atoms with Crippen LogP contribution >= 0.6 is 0 Å². The Kier molecular flexibility index (Phi) is 44.1. The number of carbonyl (C=O) groups excluding carboxylic acids is 6. The summed E-state index contributed by atoms with van der Waals surface area (Å²) in [5, 5.41) is 0. The molecule has 6 aliphatic carbocycles. The van der Waals surface area contributed by atoms with Gasteiger partial charge in [-0.3, -0.25) is 0 Å². The monoisotopic (exact) mass is 1360 g/mol. The van der Waals surface area contributed by atoms with Crippen molar-refractivity contribution in [3.8, 4) is 0 Å². The number of esters is 6. The summed E-state index contributed by atoms with van der Waals surface area (Å²) < 4.78 is 31.2. The largest absolute Gasteiger partial charge is 0.463 e. The lowest BCUT2D eigenvalue weighted by molar-refractivity contribution is -0.149. The van der Waals surface area contributed by atoms with Crippen molar-refractivity contribution in [1.29, 1.82) is 0 Å². The van der Waals surface area contributed by atoms with Gasteiger partial charge in [0.25, 0.3) is 0 Å². The molecule has 4 unspecified atom stereocenters. The van der Waals surface area contributed by atoms with E-state index in [-0.39, 0.29) is 64.3 Å². The normalized spacial score (nSPS) is 26.4. The van der Waals surface area contributed by atoms with E-state index < -0.39 is 0 Å². The van der Waals surface area contributed by atoms with Gasteiger partial charge in [-0.2, -0.15) is 0 Å². The first-order valence-electron chi connectivity index (χ1n) is 38.2. The smallest absolute Gasteiger partial charge is 0.333 e. The van der Waals surface area contributed by atoms with Crippen LogP contribution in [0, 0.1) is 80.8 Å². The fourth-order valence-electron chi connectivity index (χ4n) is 15.4. The molecule has 0 amide bonds. The Bertz CT molecular complexity index is 2360. The minimum atomic E-state index is -0.310. The average molecular weight is 1360 g/mol. The van der Waals surface area contributed by atoms with Crippen LogP contribution in [0.1, 0.15) is 310 Å². The molecule has 0 aromatic rings. The van der Waals surface area contributed by atoms with Crippen LogP contribution in [-0.4, -0.2) is 74.5 Å². The van der Waals surface area contributed by atoms with Crippen LogP contribution in [0.2, 0.25) is 0 Å². The third-order valence-electron chi connectivity index (χ3n) is 20.7. The van der Waals surface area contributed by atoms with Crippen molar-refractivity contribution in [2.45, 2.75) is 323 Å². The van der Waals surface area contributed by atoms with Crippen molar-refractivity contribution in [2.24, 2.45) is 80.8 Å². The highest BCUT2D eigenvalue weighted by molar-refractivity contribution is 5.88. The van der Waals surface area contributed by atoms with Gasteiger partial charge in [-0.15, -0.1) is 0 Å². The molecule has 6 saturated carbocycles. The zero-order valence-electron chi connectivity index (χ0n) is 65.3. The highest BCUT2D eigenvalue weighted by Gasteiger charge is 2.36. The molecule has 0 spiro atoms. The second-order valence-corrected chi connectivity index (χ2v) is 34.6. The van der Waals surface area contributed by atoms with E-state index in [0.717, 1.165) is 98.7 Å². The van der Waals surface area contributed by atoms with Crippen LogP contribution in [0.4, 0.5) is 0 Å². The lowest BCUT2D eigenvalue weighted by Crippen LogP contribution is -2.34. The minimum Gasteiger partial charge on any atom is -0.463 e. The molecule has 0 aromatic carbocycles. The van der Waals surface area contributed by atoms with Crippen molar-refractivity contribution in [3.63, 3.8) is 0 Å². The summed E-state index contributed by atoms with van der Waals surface area (Å²) in [4.78, 5) is 66.8. The van der Waals surface area contributed by atoms with Gasteiger partial charge in [0.2, 0.25) is 0 Å². The van der Waals surface area contributed by atoms with E-state index in [4.69, 9.17) is 28.4 Å². The molecule has 0 saturated heterocycles. The Morgan fingerprint density at radius 2 is 0.691 bits per heavy atom. The zero-order chi connectivity index (χ0) is 73.5. The van der Waals surface area contributed by atoms with E-state index >= 15 is 0 Å². The molecular weight excluding hydrogens is 1210 g/mol. The van der Waals surface area contributed by atoms with E-state index in [2.05, 4.69) is 136 Å². The summed E-state index contributed by atoms with van der Waals surface area (Å²) >= 11 is 0. The van der Waals surface area contributed by atoms with Gasteiger partial charge in [-0.05, 0) is 179 Å². The maximum Gasteiger partial charge on any atom is 0.333 e. The van der Waals surface area contributed by atoms with Gasteiger partial charge < -0.3 is 28.4 Å². The summed E-state index contributed by atoms with van der Waals surface area (Å²) in [6, 6.07) is 0. The van der Waals surface area contributed by atoms with Gasteiger partial charge in [0.15, 0.2) is 0 Å². The second kappa shape index (κ2) is 47.4. The molecule has 0 bridgehead atoms. The standard InChI is InChI=1S/C16H28O2.2C15H26O2.C14H24O2.C13H22O2.C12H20O2/c1-12(2)15(17)18-11-16(4,5)10-14-8-6-13(3)7-9-14;1-12(2)15(16)17-11-5-4-6-14-9-7-13(3)8-10-14;1-5-14(16)17-11-15(3,4)10-13-8-6-12(2)7-9-13;1-3-14(15)16-11-5-4-6-13-9-7-12(2)8-10-13;1-9(2)12(14)15-11-6-10(3)7-13(4,5)8-11;1-5-11(13)14-10-6-9(2)7-12(3,4)8-10/h13-14H,1,6-11H2,2-5H3;13-14H,1,4-11H2,2-3H3;5,12-13H,1,6-11H2,2-4H3;3,12-13H,1,4-11H2,2H3;10-11H,1,6-8H2,2-5H3;5,9-10H,1,6-8H2,2-4H3. The molecular formula is C85H146O12. The van der Waals surface area contributed by atoms with Crippen molar-refractivity contribution < 1.29 is 57.2 Å². The Labute approximate surface area is 594 Å². The van der Waals surface area contributed by atoms with Gasteiger partial charge in [0, 0.05) is 34.9 Å². The summed E-state index contributed by atoms with van der Waals surface area (Å²) in [7, 11) is 0. The minimum absolute atomic E-state index is 0.0768. The third kappa shape index (κ3) is 44.9. The average Bonchev–Trinajstić information content (AvgIpc) is 0.992. The molecule has 97 heavy (non-hydrogen) atoms. The van der Waals surface area contributed by atoms with Crippen molar-refractivity contribution in [3.05, 3.63) is 74.4 Å². The van der Waals surface area contributed by atoms with Crippen molar-refractivity contribution in [1.82, 2.24) is 0 Å². The molecule has 6 aliphatic rings. The second-order valence-electron chi connectivity index (χ2n) is 34.6. The molecule has 0 aromatic heterocycles. The van der Waals surface area contributed by atoms with Crippen LogP contribution in [-0.2, 0) is 57.2 Å². The maximum absolute atomic E-state index is 11.4. The first-order chi connectivity index (χ1) is 45.3. The molecule has 558 valence electrons. The van der Waals surface area contributed by atoms with Crippen LogP contribution in [0.25, 0.3) is 0 Å². The number of unbranched alkanes of at least 4 members (excludes halogenated alkanes) is 2. The Morgan fingerprint density at radius 3 is 1.03 bits per heavy atom. The first kappa shape index (κ1) is 90.3. The van der Waals surface area contributed by atoms with Crippen molar-refractivity contribution in [2.75, 3.05) is 26.4 Å². The van der Waals surface area contributed by atoms with E-state index in [1.807, 2.05) is 0 Å². The summed E-state index contributed by atoms with van der Waals surface area (Å²) in [6.07, 6.45) is 41.4. The molecule has 0 heterocycles. The zero-order valence-corrected chi connectivity index (χ0v) is 65.3. The Balaban J connectivity index is 0.000000583. The SMILES string of the molecule is C=C(C)C(=O)OC1CC(C)CC(C)(C)C1.C=C(C)C(=O)OCC(C)(C)CC1CCC(C)CC1.C=C(C)C(=O)OCCCCC1CCC(C)CC1.C=CC(=O)OC1CC(C)CC(C)(C)C1.C=CC(=O)OCC(C)(C)CC1CCC(C)CC1.C=CC(=O)OCCCCC1CCC(C)CC1. The molecule has 4 atom stereocenters. The molecule has 6 fully saturated rings. The third-order valence-corrected chi connectivity index (χ3v) is 20.7. The van der Waals surface area contributed by atoms with Crippen LogP contribution in [0.5, 0.6) is 0 Å². The number of carbonyl (C=O) groups is 6. The van der Waals surface area contributed by atoms with Crippen LogP contribution in [0.3, 0.4) is 0 Å². The number of ether oxygens (including phenoxy) is 6. The molecule has 0 N–H and O–H groups in total. The molecule has 12 nitrogen and oxygen atoms in total. The number of hydrogen-bond acceptors (Lipinski definition) is 12. The van der Waals surface area contributed by atoms with Crippen molar-refractivity contribution >= 4 is 35.8 Å². The molecule has 0 aliphatic heterocycles. The summed E-state index contributed by atoms with van der Waals surface area (Å²) in [5.74, 6) is 6.73. The van der Waals surface area contributed by atoms with E-state index in [0.29, 0.717) is 60.4 Å². The van der Waals surface area contributed by atoms with E-state index in [1.165, 1.54) is 159 Å². The lowest BCUT2D eigenvalue weighted by Gasteiger charge is -2.38. The highest BCUT2D eigenvalue weighted by Crippen LogP contribution is 2.42. The van der Waals surface area contributed by atoms with Gasteiger partial charge in [-0.25, -0.2) is 28.8 Å². The fourth-order valence-corrected chi connectivity index (χ4v) is 15.4. The summed E-state index contributed by atoms with van der Waals surface area (Å²) in [6.45, 7) is 59.7. The molecule has 12 heteroatoms. The number of rotatable bonds is 26. The maximum atomic E-state index is 11.4. The van der Waals surface area contributed by atoms with Gasteiger partial charge >= 0.3 is 35.8 Å². The summed E-state index contributed by atoms with van der Waals surface area (Å²) in [5.41, 5.74) is 2.22. The van der Waals surface area contributed by atoms with Gasteiger partial charge in [0.05, 0.1) is 26.4 Å². The van der Waals surface area contributed by atoms with Crippen LogP contribution in [0.15, 0.2) is 74.4 Å². The topological polar surface area (TPSA) is 158 Å². The fraction of sp³-hybridized carbons (Fsp3) is 0.788. The van der Waals surface area contributed by atoms with Gasteiger partial charge in [-0.1, -0.05) is 252 Å². The van der Waals surface area contributed by atoms with E-state index in [1.54, 1.807) is 20.8 Å². The predicted octanol–water partition coefficient (Wildman–Crippen LogP) is 22.4. The molecule has 6 rings (SSSR count).